The summed E-state index contributed by atoms with van der Waals surface area (Å²) in [5, 5.41) is 2.06. The fourth-order valence-corrected chi connectivity index (χ4v) is 4.82. The molecule has 0 saturated carbocycles. The number of amides is 1. The van der Waals surface area contributed by atoms with Gasteiger partial charge in [-0.3, -0.25) is 4.79 Å². The maximum absolute atomic E-state index is 13.5. The number of piperidine rings is 2. The number of benzene rings is 2. The van der Waals surface area contributed by atoms with Gasteiger partial charge in [0.2, 0.25) is 0 Å². The van der Waals surface area contributed by atoms with Crippen molar-refractivity contribution < 1.29 is 14.3 Å². The summed E-state index contributed by atoms with van der Waals surface area (Å²) in [4.78, 5) is 18.1. The van der Waals surface area contributed by atoms with Gasteiger partial charge in [0.05, 0.1) is 18.3 Å². The molecule has 2 aromatic rings. The van der Waals surface area contributed by atoms with E-state index < -0.39 is 0 Å². The Balaban J connectivity index is 1.47. The fourth-order valence-electron chi connectivity index (χ4n) is 4.82. The van der Waals surface area contributed by atoms with Crippen LogP contribution in [-0.4, -0.2) is 67.7 Å². The predicted molar refractivity (Wildman–Crippen MR) is 116 cm³/mol. The lowest BCUT2D eigenvalue weighted by Gasteiger charge is -2.41. The molecule has 5 nitrogen and oxygen atoms in total. The highest BCUT2D eigenvalue weighted by Gasteiger charge is 2.31. The Kier molecular flexibility index (Phi) is 6.36. The van der Waals surface area contributed by atoms with E-state index in [2.05, 4.69) is 11.0 Å². The van der Waals surface area contributed by atoms with E-state index in [9.17, 15) is 4.79 Å². The van der Waals surface area contributed by atoms with E-state index in [1.54, 1.807) is 0 Å². The van der Waals surface area contributed by atoms with Crippen LogP contribution >= 0.6 is 0 Å². The zero-order valence-electron chi connectivity index (χ0n) is 17.6. The van der Waals surface area contributed by atoms with Crippen molar-refractivity contribution in [2.45, 2.75) is 44.8 Å². The van der Waals surface area contributed by atoms with Gasteiger partial charge in [0.25, 0.3) is 5.91 Å². The maximum atomic E-state index is 13.5. The molecular weight excluding hydrogens is 364 g/mol. The lowest BCUT2D eigenvalue weighted by Crippen LogP contribution is -2.49. The number of ether oxygens (including phenoxy) is 2. The zero-order valence-corrected chi connectivity index (χ0v) is 17.6. The number of likely N-dealkylation sites (tertiary alicyclic amines) is 2. The third-order valence-corrected chi connectivity index (χ3v) is 6.48. The van der Waals surface area contributed by atoms with Crippen LogP contribution in [0.5, 0.6) is 5.75 Å². The van der Waals surface area contributed by atoms with Crippen LogP contribution in [-0.2, 0) is 4.74 Å². The largest absolute Gasteiger partial charge is 0.493 e. The first-order chi connectivity index (χ1) is 14.2. The second-order valence-electron chi connectivity index (χ2n) is 8.09. The average Bonchev–Trinajstić information content (AvgIpc) is 2.79. The Morgan fingerprint density at radius 3 is 2.41 bits per heavy atom. The standard InChI is InChI=1S/C24H32N2O3/c1-3-29-22-9-8-18-6-4-5-7-21(18)23(22)24(27)26-14-10-19(11-15-26)25-16-12-20(28-2)13-17-25/h4-9,19-20H,3,10-17H2,1-2H3. The summed E-state index contributed by atoms with van der Waals surface area (Å²) in [5.41, 5.74) is 0.712. The highest BCUT2D eigenvalue weighted by Crippen LogP contribution is 2.31. The van der Waals surface area contributed by atoms with Crippen molar-refractivity contribution in [1.82, 2.24) is 9.80 Å². The molecule has 2 aliphatic rings. The highest BCUT2D eigenvalue weighted by molar-refractivity contribution is 6.09. The van der Waals surface area contributed by atoms with Crippen LogP contribution < -0.4 is 4.74 Å². The molecule has 0 unspecified atom stereocenters. The second kappa shape index (κ2) is 9.14. The molecular formula is C24H32N2O3. The number of hydrogen-bond donors (Lipinski definition) is 0. The van der Waals surface area contributed by atoms with Crippen molar-refractivity contribution >= 4 is 16.7 Å². The molecule has 2 aliphatic heterocycles. The molecule has 2 saturated heterocycles. The van der Waals surface area contributed by atoms with E-state index in [1.807, 2.05) is 49.3 Å². The summed E-state index contributed by atoms with van der Waals surface area (Å²) in [7, 11) is 1.81. The molecule has 0 N–H and O–H groups in total. The van der Waals surface area contributed by atoms with Gasteiger partial charge in [-0.1, -0.05) is 30.3 Å². The summed E-state index contributed by atoms with van der Waals surface area (Å²) in [6.45, 7) is 6.34. The molecule has 0 radical (unpaired) electrons. The first-order valence-electron chi connectivity index (χ1n) is 10.9. The molecule has 0 aliphatic carbocycles. The molecule has 0 atom stereocenters. The quantitative estimate of drug-likeness (QED) is 0.767. The molecule has 1 amide bonds. The van der Waals surface area contributed by atoms with Crippen molar-refractivity contribution in [3.8, 4) is 5.75 Å². The van der Waals surface area contributed by atoms with Gasteiger partial charge in [0.1, 0.15) is 5.75 Å². The van der Waals surface area contributed by atoms with Crippen molar-refractivity contribution in [1.29, 1.82) is 0 Å². The number of hydrogen-bond acceptors (Lipinski definition) is 4. The Bertz CT molecular complexity index is 837. The fraction of sp³-hybridized carbons (Fsp3) is 0.542. The van der Waals surface area contributed by atoms with Crippen LogP contribution in [0, 0.1) is 0 Å². The van der Waals surface area contributed by atoms with E-state index in [1.165, 1.54) is 0 Å². The van der Waals surface area contributed by atoms with E-state index in [4.69, 9.17) is 9.47 Å². The summed E-state index contributed by atoms with van der Waals surface area (Å²) in [6, 6.07) is 12.6. The Morgan fingerprint density at radius 1 is 1.00 bits per heavy atom. The van der Waals surface area contributed by atoms with Crippen molar-refractivity contribution in [3.63, 3.8) is 0 Å². The van der Waals surface area contributed by atoms with Crippen LogP contribution in [0.1, 0.15) is 43.0 Å². The third kappa shape index (κ3) is 4.26. The summed E-state index contributed by atoms with van der Waals surface area (Å²) in [6.07, 6.45) is 4.72. The van der Waals surface area contributed by atoms with Crippen molar-refractivity contribution in [2.75, 3.05) is 39.9 Å². The number of methoxy groups -OCH3 is 1. The molecule has 29 heavy (non-hydrogen) atoms. The van der Waals surface area contributed by atoms with Crippen LogP contribution in [0.15, 0.2) is 36.4 Å². The van der Waals surface area contributed by atoms with Crippen molar-refractivity contribution in [2.24, 2.45) is 0 Å². The molecule has 5 heteroatoms. The highest BCUT2D eigenvalue weighted by atomic mass is 16.5. The first-order valence-corrected chi connectivity index (χ1v) is 10.9. The molecule has 0 aromatic heterocycles. The Labute approximate surface area is 173 Å². The average molecular weight is 397 g/mol. The Morgan fingerprint density at radius 2 is 1.72 bits per heavy atom. The number of carbonyl (C=O) groups is 1. The summed E-state index contributed by atoms with van der Waals surface area (Å²) < 4.78 is 11.3. The minimum absolute atomic E-state index is 0.0989. The van der Waals surface area contributed by atoms with E-state index in [0.29, 0.717) is 30.1 Å². The molecule has 2 heterocycles. The summed E-state index contributed by atoms with van der Waals surface area (Å²) >= 11 is 0. The van der Waals surface area contributed by atoms with Gasteiger partial charge in [0, 0.05) is 39.3 Å². The second-order valence-corrected chi connectivity index (χ2v) is 8.09. The van der Waals surface area contributed by atoms with E-state index in [0.717, 1.165) is 62.6 Å². The smallest absolute Gasteiger partial charge is 0.258 e. The van der Waals surface area contributed by atoms with Crippen molar-refractivity contribution in [3.05, 3.63) is 42.0 Å². The summed E-state index contributed by atoms with van der Waals surface area (Å²) in [5.74, 6) is 0.793. The van der Waals surface area contributed by atoms with E-state index in [-0.39, 0.29) is 5.91 Å². The lowest BCUT2D eigenvalue weighted by molar-refractivity contribution is 0.0145. The molecule has 0 bridgehead atoms. The van der Waals surface area contributed by atoms with E-state index >= 15 is 0 Å². The molecule has 156 valence electrons. The van der Waals surface area contributed by atoms with Gasteiger partial charge in [-0.2, -0.15) is 0 Å². The van der Waals surface area contributed by atoms with Gasteiger partial charge in [-0.05, 0) is 49.4 Å². The normalized spacial score (nSPS) is 19.6. The van der Waals surface area contributed by atoms with Gasteiger partial charge in [-0.15, -0.1) is 0 Å². The monoisotopic (exact) mass is 396 g/mol. The topological polar surface area (TPSA) is 42.0 Å². The SMILES string of the molecule is CCOc1ccc2ccccc2c1C(=O)N1CCC(N2CCC(OC)CC2)CC1. The number of nitrogens with zero attached hydrogens (tertiary/aromatic N) is 2. The lowest BCUT2D eigenvalue weighted by atomic mass is 9.97. The number of carbonyl (C=O) groups excluding carboxylic acids is 1. The van der Waals surface area contributed by atoms with Crippen LogP contribution in [0.4, 0.5) is 0 Å². The van der Waals surface area contributed by atoms with Crippen LogP contribution in [0.2, 0.25) is 0 Å². The molecule has 0 spiro atoms. The predicted octanol–water partition coefficient (Wildman–Crippen LogP) is 3.95. The first kappa shape index (κ1) is 20.2. The Hall–Kier alpha value is -2.11. The molecule has 2 aromatic carbocycles. The molecule has 2 fully saturated rings. The number of rotatable bonds is 5. The third-order valence-electron chi connectivity index (χ3n) is 6.48. The van der Waals surface area contributed by atoms with Gasteiger partial charge in [-0.25, -0.2) is 0 Å². The zero-order chi connectivity index (χ0) is 20.2. The van der Waals surface area contributed by atoms with Gasteiger partial charge >= 0.3 is 0 Å². The minimum atomic E-state index is 0.0989. The van der Waals surface area contributed by atoms with Gasteiger partial charge in [0.15, 0.2) is 0 Å². The number of fused-ring (bicyclic) bond motifs is 1. The maximum Gasteiger partial charge on any atom is 0.258 e. The van der Waals surface area contributed by atoms with Gasteiger partial charge < -0.3 is 19.3 Å². The van der Waals surface area contributed by atoms with Crippen LogP contribution in [0.25, 0.3) is 10.8 Å². The minimum Gasteiger partial charge on any atom is -0.493 e. The van der Waals surface area contributed by atoms with Crippen LogP contribution in [0.3, 0.4) is 0 Å². The molecule has 4 rings (SSSR count).